The zero-order chi connectivity index (χ0) is 30.6. The molecule has 3 heterocycles. The molecule has 3 amide bonds. The number of anilines is 1. The Morgan fingerprint density at radius 1 is 1.27 bits per heavy atom. The monoisotopic (exact) mass is 605 g/mol. The van der Waals surface area contributed by atoms with Gasteiger partial charge in [0.15, 0.2) is 10.8 Å². The van der Waals surface area contributed by atoms with Crippen molar-refractivity contribution in [3.63, 3.8) is 0 Å². The van der Waals surface area contributed by atoms with Gasteiger partial charge in [-0.15, -0.1) is 11.3 Å². The minimum absolute atomic E-state index is 0.0330. The van der Waals surface area contributed by atoms with Gasteiger partial charge in [-0.25, -0.2) is 19.4 Å². The van der Waals surface area contributed by atoms with E-state index in [2.05, 4.69) is 30.1 Å². The van der Waals surface area contributed by atoms with Crippen LogP contribution in [0.4, 0.5) is 9.93 Å². The quantitative estimate of drug-likeness (QED) is 0.166. The third-order valence-electron chi connectivity index (χ3n) is 5.54. The predicted molar refractivity (Wildman–Crippen MR) is 146 cm³/mol. The molecule has 19 heteroatoms. The second-order valence-corrected chi connectivity index (χ2v) is 12.0. The number of carbonyl (C=O) groups excluding carboxylic acids is 5. The van der Waals surface area contributed by atoms with E-state index < -0.39 is 69.5 Å². The van der Waals surface area contributed by atoms with Gasteiger partial charge in [0.1, 0.15) is 28.4 Å². The van der Waals surface area contributed by atoms with Crippen molar-refractivity contribution in [2.24, 2.45) is 5.16 Å². The zero-order valence-corrected chi connectivity index (χ0v) is 24.3. The van der Waals surface area contributed by atoms with Gasteiger partial charge in [0.2, 0.25) is 6.10 Å². The van der Waals surface area contributed by atoms with E-state index in [0.29, 0.717) is 12.0 Å². The van der Waals surface area contributed by atoms with Gasteiger partial charge in [-0.05, 0) is 39.7 Å². The summed E-state index contributed by atoms with van der Waals surface area (Å²) in [6.07, 6.45) is -1.83. The molecule has 1 unspecified atom stereocenters. The lowest BCUT2D eigenvalue weighted by atomic mass is 10.0. The summed E-state index contributed by atoms with van der Waals surface area (Å²) >= 11 is 0.917. The van der Waals surface area contributed by atoms with E-state index in [1.807, 2.05) is 0 Å². The van der Waals surface area contributed by atoms with Crippen LogP contribution in [0, 0.1) is 0 Å². The van der Waals surface area contributed by atoms with Crippen molar-refractivity contribution in [2.45, 2.75) is 64.2 Å². The Labute approximate surface area is 243 Å². The number of β-lactam (4-membered cyclic amide) rings is 1. The molecule has 1 fully saturated rings. The number of hydrogen-bond donors (Lipinski definition) is 2. The number of ether oxygens (including phenoxy) is 1. The fraction of sp³-hybridized carbons (Fsp3) is 0.500. The first-order valence-electron chi connectivity index (χ1n) is 12.0. The summed E-state index contributed by atoms with van der Waals surface area (Å²) in [6.45, 7) is 7.97. The molecule has 1 saturated heterocycles. The van der Waals surface area contributed by atoms with E-state index >= 15 is 0 Å². The standard InChI is InChI=1S/C22H25B2N5O10S2/c1-6-10-8-41(35)17-13(16(31)29(17)14(10)19(33)38-24)26-15(30)12(28-39-9(2)18(32)37-23)11-7-40-20(25-11)27-21(34)36-22(3,4)5/h7,9,13,17H,6,8H2,1-5H3,(H,26,30)(H,25,27,34)/b28-12-/t9-,13-,17-,41?/m1/s1. The van der Waals surface area contributed by atoms with Crippen molar-refractivity contribution in [1.29, 1.82) is 0 Å². The van der Waals surface area contributed by atoms with Crippen LogP contribution < -0.4 is 10.6 Å². The van der Waals surface area contributed by atoms with Crippen LogP contribution >= 0.6 is 11.3 Å². The molecule has 41 heavy (non-hydrogen) atoms. The maximum Gasteiger partial charge on any atom is 0.413 e. The molecule has 0 aromatic carbocycles. The largest absolute Gasteiger partial charge is 0.541 e. The number of carbonyl (C=O) groups is 5. The smallest absolute Gasteiger partial charge is 0.413 e. The Hall–Kier alpha value is -3.73. The third-order valence-corrected chi connectivity index (χ3v) is 7.95. The molecule has 15 nitrogen and oxygen atoms in total. The van der Waals surface area contributed by atoms with Crippen LogP contribution in [-0.2, 0) is 48.9 Å². The highest BCUT2D eigenvalue weighted by atomic mass is 32.2. The second kappa shape index (κ2) is 12.8. The number of rotatable bonds is 9. The van der Waals surface area contributed by atoms with Gasteiger partial charge in [0.25, 0.3) is 11.8 Å². The normalized spacial score (nSPS) is 21.2. The first-order valence-corrected chi connectivity index (χ1v) is 14.2. The van der Waals surface area contributed by atoms with E-state index in [4.69, 9.17) is 25.7 Å². The van der Waals surface area contributed by atoms with Gasteiger partial charge in [-0.3, -0.25) is 24.0 Å². The molecule has 2 N–H and O–H groups in total. The van der Waals surface area contributed by atoms with Gasteiger partial charge < -0.3 is 24.2 Å². The molecular formula is C22H25B2N5O10S2. The van der Waals surface area contributed by atoms with Crippen molar-refractivity contribution in [1.82, 2.24) is 15.2 Å². The summed E-state index contributed by atoms with van der Waals surface area (Å²) < 4.78 is 26.5. The highest BCUT2D eigenvalue weighted by Crippen LogP contribution is 2.36. The zero-order valence-electron chi connectivity index (χ0n) is 22.6. The van der Waals surface area contributed by atoms with Crippen LogP contribution in [-0.4, -0.2) is 94.6 Å². The van der Waals surface area contributed by atoms with E-state index in [-0.39, 0.29) is 22.3 Å². The molecule has 4 atom stereocenters. The van der Waals surface area contributed by atoms with Crippen molar-refractivity contribution in [3.8, 4) is 0 Å². The van der Waals surface area contributed by atoms with Gasteiger partial charge in [0.05, 0.1) is 10.8 Å². The Kier molecular flexibility index (Phi) is 9.96. The second-order valence-electron chi connectivity index (χ2n) is 9.58. The number of hydrogen-bond acceptors (Lipinski definition) is 13. The maximum atomic E-state index is 13.3. The van der Waals surface area contributed by atoms with Crippen LogP contribution in [0.3, 0.4) is 0 Å². The van der Waals surface area contributed by atoms with Crippen molar-refractivity contribution < 1.29 is 47.1 Å². The number of amides is 3. The van der Waals surface area contributed by atoms with Gasteiger partial charge >= 0.3 is 34.1 Å². The topological polar surface area (TPSA) is 192 Å². The molecule has 0 aliphatic carbocycles. The number of aromatic nitrogens is 1. The fourth-order valence-electron chi connectivity index (χ4n) is 3.68. The molecule has 2 aliphatic rings. The predicted octanol–water partition coefficient (Wildman–Crippen LogP) is -0.0678. The van der Waals surface area contributed by atoms with Gasteiger partial charge in [0, 0.05) is 11.1 Å². The summed E-state index contributed by atoms with van der Waals surface area (Å²) in [5.74, 6) is -3.77. The molecule has 3 rings (SSSR count). The minimum atomic E-state index is -1.69. The highest BCUT2D eigenvalue weighted by Gasteiger charge is 2.57. The Bertz CT molecular complexity index is 1340. The molecule has 0 bridgehead atoms. The molecule has 216 valence electrons. The maximum absolute atomic E-state index is 13.3. The highest BCUT2D eigenvalue weighted by molar-refractivity contribution is 7.86. The van der Waals surface area contributed by atoms with E-state index in [1.54, 1.807) is 27.7 Å². The number of nitrogens with zero attached hydrogens (tertiary/aromatic N) is 3. The number of thiazole rings is 1. The van der Waals surface area contributed by atoms with Gasteiger partial charge in [-0.1, -0.05) is 12.1 Å². The summed E-state index contributed by atoms with van der Waals surface area (Å²) in [5, 5.41) is 8.83. The summed E-state index contributed by atoms with van der Waals surface area (Å²) in [4.78, 5) is 72.6. The minimum Gasteiger partial charge on any atom is -0.541 e. The SMILES string of the molecule is [B]OC(=O)C1=C(CC)CS(=O)[C@@H]2[C@H](NC(=O)/C(=N\O[C@H](C)C(=O)O[B])c3csc(NC(=O)OC(C)(C)C)n3)C(=O)N12. The van der Waals surface area contributed by atoms with E-state index in [0.717, 1.165) is 16.2 Å². The average molecular weight is 605 g/mol. The number of nitrogens with one attached hydrogen (secondary N) is 2. The summed E-state index contributed by atoms with van der Waals surface area (Å²) in [7, 11) is 8.19. The lowest BCUT2D eigenvalue weighted by Gasteiger charge is -2.49. The Balaban J connectivity index is 1.87. The number of fused-ring (bicyclic) bond motifs is 1. The molecule has 1 aromatic rings. The van der Waals surface area contributed by atoms with Crippen molar-refractivity contribution >= 4 is 78.9 Å². The van der Waals surface area contributed by atoms with Crippen LogP contribution in [0.5, 0.6) is 0 Å². The lowest BCUT2D eigenvalue weighted by molar-refractivity contribution is -0.149. The average Bonchev–Trinajstić information content (AvgIpc) is 3.36. The molecule has 0 spiro atoms. The molecular weight excluding hydrogens is 580 g/mol. The molecule has 2 aliphatic heterocycles. The van der Waals surface area contributed by atoms with E-state index in [9.17, 15) is 28.2 Å². The van der Waals surface area contributed by atoms with Gasteiger partial charge in [-0.2, -0.15) is 0 Å². The third kappa shape index (κ3) is 7.13. The van der Waals surface area contributed by atoms with Crippen LogP contribution in [0.1, 0.15) is 46.7 Å². The summed E-state index contributed by atoms with van der Waals surface area (Å²) in [5.41, 5.74) is -1.11. The van der Waals surface area contributed by atoms with Crippen molar-refractivity contribution in [3.05, 3.63) is 22.3 Å². The van der Waals surface area contributed by atoms with Crippen molar-refractivity contribution in [2.75, 3.05) is 11.1 Å². The van der Waals surface area contributed by atoms with Crippen LogP contribution in [0.25, 0.3) is 0 Å². The number of oxime groups is 1. The molecule has 4 radical (unpaired) electrons. The fourth-order valence-corrected chi connectivity index (χ4v) is 6.15. The molecule has 0 saturated carbocycles. The van der Waals surface area contributed by atoms with Crippen LogP contribution in [0.2, 0.25) is 0 Å². The Morgan fingerprint density at radius 2 is 1.95 bits per heavy atom. The molecule has 1 aromatic heterocycles. The van der Waals surface area contributed by atoms with Crippen LogP contribution in [0.15, 0.2) is 21.8 Å². The first kappa shape index (κ1) is 31.8. The lowest BCUT2D eigenvalue weighted by Crippen LogP contribution is -2.74. The Morgan fingerprint density at radius 3 is 2.54 bits per heavy atom. The first-order chi connectivity index (χ1) is 19.2. The summed E-state index contributed by atoms with van der Waals surface area (Å²) in [6, 6.07) is -1.32. The van der Waals surface area contributed by atoms with E-state index in [1.165, 1.54) is 12.3 Å².